The first-order valence-corrected chi connectivity index (χ1v) is 5.77. The Morgan fingerprint density at radius 3 is 3.12 bits per heavy atom. The number of hydrogen-bond donors (Lipinski definition) is 2. The van der Waals surface area contributed by atoms with Crippen LogP contribution in [-0.4, -0.2) is 12.0 Å². The minimum absolute atomic E-state index is 0.174. The molecule has 1 aromatic carbocycles. The number of nitrogens with one attached hydrogen (secondary N) is 2. The van der Waals surface area contributed by atoms with Crippen LogP contribution in [0.4, 0.5) is 4.39 Å². The SMILES string of the molecule is CNC1CCCc2[nH]c3cc(F)ccc3c21. The van der Waals surface area contributed by atoms with Gasteiger partial charge in [0.2, 0.25) is 0 Å². The van der Waals surface area contributed by atoms with Gasteiger partial charge in [0.1, 0.15) is 5.82 Å². The number of halogens is 1. The van der Waals surface area contributed by atoms with Crippen LogP contribution >= 0.6 is 0 Å². The van der Waals surface area contributed by atoms with Gasteiger partial charge in [0.05, 0.1) is 0 Å². The fourth-order valence-electron chi connectivity index (χ4n) is 2.76. The molecule has 3 heteroatoms. The van der Waals surface area contributed by atoms with E-state index >= 15 is 0 Å². The molecule has 84 valence electrons. The van der Waals surface area contributed by atoms with Crippen molar-refractivity contribution in [2.24, 2.45) is 0 Å². The zero-order valence-electron chi connectivity index (χ0n) is 9.31. The summed E-state index contributed by atoms with van der Waals surface area (Å²) in [5.41, 5.74) is 3.53. The first-order chi connectivity index (χ1) is 7.79. The fraction of sp³-hybridized carbons (Fsp3) is 0.385. The Morgan fingerprint density at radius 2 is 2.31 bits per heavy atom. The van der Waals surface area contributed by atoms with Gasteiger partial charge in [-0.2, -0.15) is 0 Å². The smallest absolute Gasteiger partial charge is 0.125 e. The van der Waals surface area contributed by atoms with E-state index in [1.165, 1.54) is 23.7 Å². The number of aryl methyl sites for hydroxylation is 1. The number of aromatic amines is 1. The minimum Gasteiger partial charge on any atom is -0.358 e. The van der Waals surface area contributed by atoms with E-state index < -0.39 is 0 Å². The molecular formula is C13H15FN2. The molecule has 0 saturated carbocycles. The molecule has 1 aliphatic rings. The lowest BCUT2D eigenvalue weighted by Crippen LogP contribution is -2.20. The van der Waals surface area contributed by atoms with Crippen LogP contribution in [0.1, 0.15) is 30.1 Å². The fourth-order valence-corrected chi connectivity index (χ4v) is 2.76. The number of benzene rings is 1. The van der Waals surface area contributed by atoms with Crippen molar-refractivity contribution < 1.29 is 4.39 Å². The number of aromatic nitrogens is 1. The maximum Gasteiger partial charge on any atom is 0.125 e. The van der Waals surface area contributed by atoms with Gasteiger partial charge in [-0.3, -0.25) is 0 Å². The molecule has 2 aromatic rings. The van der Waals surface area contributed by atoms with E-state index in [1.54, 1.807) is 6.07 Å². The summed E-state index contributed by atoms with van der Waals surface area (Å²) < 4.78 is 13.1. The zero-order chi connectivity index (χ0) is 11.1. The van der Waals surface area contributed by atoms with Crippen molar-refractivity contribution in [2.45, 2.75) is 25.3 Å². The Balaban J connectivity index is 2.26. The lowest BCUT2D eigenvalue weighted by atomic mass is 9.91. The van der Waals surface area contributed by atoms with E-state index in [1.807, 2.05) is 13.1 Å². The largest absolute Gasteiger partial charge is 0.358 e. The Kier molecular flexibility index (Phi) is 2.21. The topological polar surface area (TPSA) is 27.8 Å². The molecule has 1 aromatic heterocycles. The van der Waals surface area contributed by atoms with E-state index in [9.17, 15) is 4.39 Å². The van der Waals surface area contributed by atoms with Crippen molar-refractivity contribution in [2.75, 3.05) is 7.05 Å². The van der Waals surface area contributed by atoms with E-state index in [4.69, 9.17) is 0 Å². The van der Waals surface area contributed by atoms with Gasteiger partial charge in [0.25, 0.3) is 0 Å². The Bertz CT molecular complexity index is 530. The average molecular weight is 218 g/mol. The summed E-state index contributed by atoms with van der Waals surface area (Å²) in [5.74, 6) is -0.174. The van der Waals surface area contributed by atoms with Crippen LogP contribution in [0.25, 0.3) is 10.9 Å². The predicted molar refractivity (Wildman–Crippen MR) is 63.0 cm³/mol. The molecule has 0 saturated heterocycles. The van der Waals surface area contributed by atoms with E-state index in [-0.39, 0.29) is 5.82 Å². The second kappa shape index (κ2) is 3.59. The van der Waals surface area contributed by atoms with Gasteiger partial charge in [-0.05, 0) is 50.1 Å². The summed E-state index contributed by atoms with van der Waals surface area (Å²) >= 11 is 0. The highest BCUT2D eigenvalue weighted by Crippen LogP contribution is 2.35. The maximum atomic E-state index is 13.1. The Labute approximate surface area is 93.9 Å². The summed E-state index contributed by atoms with van der Waals surface area (Å²) in [6.45, 7) is 0. The first-order valence-electron chi connectivity index (χ1n) is 5.77. The third-order valence-electron chi connectivity index (χ3n) is 3.50. The van der Waals surface area contributed by atoms with E-state index in [0.717, 1.165) is 23.7 Å². The molecule has 0 spiro atoms. The predicted octanol–water partition coefficient (Wildman–Crippen LogP) is 2.90. The van der Waals surface area contributed by atoms with Crippen LogP contribution in [0.15, 0.2) is 18.2 Å². The number of fused-ring (bicyclic) bond motifs is 3. The molecule has 1 unspecified atom stereocenters. The average Bonchev–Trinajstić information content (AvgIpc) is 2.65. The van der Waals surface area contributed by atoms with Crippen LogP contribution < -0.4 is 5.32 Å². The summed E-state index contributed by atoms with van der Waals surface area (Å²) in [6.07, 6.45) is 3.42. The molecule has 3 rings (SSSR count). The molecule has 1 aliphatic carbocycles. The highest BCUT2D eigenvalue weighted by molar-refractivity contribution is 5.85. The van der Waals surface area contributed by atoms with Gasteiger partial charge in [-0.15, -0.1) is 0 Å². The lowest BCUT2D eigenvalue weighted by molar-refractivity contribution is 0.497. The van der Waals surface area contributed by atoms with Gasteiger partial charge < -0.3 is 10.3 Å². The summed E-state index contributed by atoms with van der Waals surface area (Å²) in [5, 5.41) is 4.50. The van der Waals surface area contributed by atoms with Crippen LogP contribution in [0.2, 0.25) is 0 Å². The summed E-state index contributed by atoms with van der Waals surface area (Å²) in [7, 11) is 1.99. The monoisotopic (exact) mass is 218 g/mol. The van der Waals surface area contributed by atoms with Gasteiger partial charge in [0, 0.05) is 22.6 Å². The van der Waals surface area contributed by atoms with Crippen LogP contribution in [0, 0.1) is 5.82 Å². The third-order valence-corrected chi connectivity index (χ3v) is 3.50. The number of hydrogen-bond acceptors (Lipinski definition) is 1. The molecule has 2 nitrogen and oxygen atoms in total. The molecule has 1 heterocycles. The van der Waals surface area contributed by atoms with Crippen molar-refractivity contribution in [3.05, 3.63) is 35.3 Å². The highest BCUT2D eigenvalue weighted by atomic mass is 19.1. The van der Waals surface area contributed by atoms with Crippen LogP contribution in [0.5, 0.6) is 0 Å². The standard InChI is InChI=1S/C13H15FN2/c1-15-10-3-2-4-11-13(10)9-6-5-8(14)7-12(9)16-11/h5-7,10,15-16H,2-4H2,1H3. The Morgan fingerprint density at radius 1 is 1.44 bits per heavy atom. The van der Waals surface area contributed by atoms with E-state index in [2.05, 4.69) is 10.3 Å². The third kappa shape index (κ3) is 1.35. The number of rotatable bonds is 1. The zero-order valence-corrected chi connectivity index (χ0v) is 9.31. The summed E-state index contributed by atoms with van der Waals surface area (Å²) in [6, 6.07) is 5.41. The van der Waals surface area contributed by atoms with Gasteiger partial charge >= 0.3 is 0 Å². The van der Waals surface area contributed by atoms with Crippen molar-refractivity contribution in [3.8, 4) is 0 Å². The minimum atomic E-state index is -0.174. The van der Waals surface area contributed by atoms with Crippen molar-refractivity contribution >= 4 is 10.9 Å². The molecule has 0 aliphatic heterocycles. The van der Waals surface area contributed by atoms with Crippen molar-refractivity contribution in [3.63, 3.8) is 0 Å². The molecule has 0 bridgehead atoms. The van der Waals surface area contributed by atoms with Crippen molar-refractivity contribution in [1.29, 1.82) is 0 Å². The molecule has 0 amide bonds. The second-order valence-electron chi connectivity index (χ2n) is 4.44. The lowest BCUT2D eigenvalue weighted by Gasteiger charge is -2.22. The van der Waals surface area contributed by atoms with E-state index in [0.29, 0.717) is 6.04 Å². The van der Waals surface area contributed by atoms with Crippen LogP contribution in [0.3, 0.4) is 0 Å². The molecule has 2 N–H and O–H groups in total. The molecule has 16 heavy (non-hydrogen) atoms. The Hall–Kier alpha value is -1.35. The first kappa shape index (κ1) is 9.85. The normalized spacial score (nSPS) is 20.0. The van der Waals surface area contributed by atoms with Crippen molar-refractivity contribution in [1.82, 2.24) is 10.3 Å². The molecular weight excluding hydrogens is 203 g/mol. The van der Waals surface area contributed by atoms with Gasteiger partial charge in [0.15, 0.2) is 0 Å². The van der Waals surface area contributed by atoms with Gasteiger partial charge in [-0.1, -0.05) is 0 Å². The second-order valence-corrected chi connectivity index (χ2v) is 4.44. The summed E-state index contributed by atoms with van der Waals surface area (Å²) in [4.78, 5) is 3.34. The number of H-pyrrole nitrogens is 1. The molecule has 0 radical (unpaired) electrons. The highest BCUT2D eigenvalue weighted by Gasteiger charge is 2.23. The quantitative estimate of drug-likeness (QED) is 0.756. The van der Waals surface area contributed by atoms with Crippen LogP contribution in [-0.2, 0) is 6.42 Å². The molecule has 0 fully saturated rings. The molecule has 1 atom stereocenters. The van der Waals surface area contributed by atoms with Gasteiger partial charge in [-0.25, -0.2) is 4.39 Å². The maximum absolute atomic E-state index is 13.1.